The second kappa shape index (κ2) is 7.66. The molecule has 1 aromatic heterocycles. The highest BCUT2D eigenvalue weighted by Crippen LogP contribution is 2.14. The zero-order valence-electron chi connectivity index (χ0n) is 14.3. The number of nitrogens with zero attached hydrogens (tertiary/aromatic N) is 2. The van der Waals surface area contributed by atoms with Crippen LogP contribution in [0.4, 0.5) is 0 Å². The van der Waals surface area contributed by atoms with Gasteiger partial charge in [0.2, 0.25) is 0 Å². The molecule has 0 spiro atoms. The van der Waals surface area contributed by atoms with Crippen molar-refractivity contribution in [2.45, 2.75) is 26.6 Å². The topological polar surface area (TPSA) is 53.4 Å². The number of aryl methyl sites for hydroxylation is 1. The minimum atomic E-state index is -0.661. The predicted molar refractivity (Wildman–Crippen MR) is 94.6 cm³/mol. The van der Waals surface area contributed by atoms with Gasteiger partial charge in [0.15, 0.2) is 6.10 Å². The van der Waals surface area contributed by atoms with Gasteiger partial charge in [-0.25, -0.2) is 9.48 Å². The maximum absolute atomic E-state index is 12.1. The third-order valence-corrected chi connectivity index (χ3v) is 3.75. The molecule has 3 rings (SSSR count). The molecule has 25 heavy (non-hydrogen) atoms. The molecule has 128 valence electrons. The molecular formula is C20H20N2O3. The van der Waals surface area contributed by atoms with Crippen LogP contribution in [-0.2, 0) is 16.1 Å². The van der Waals surface area contributed by atoms with Crippen LogP contribution in [0.25, 0.3) is 5.69 Å². The van der Waals surface area contributed by atoms with E-state index < -0.39 is 12.1 Å². The molecule has 0 fully saturated rings. The number of carbonyl (C=O) groups excluding carboxylic acids is 1. The van der Waals surface area contributed by atoms with Crippen molar-refractivity contribution < 1.29 is 14.3 Å². The first-order valence-corrected chi connectivity index (χ1v) is 8.11. The average Bonchev–Trinajstić information content (AvgIpc) is 3.16. The summed E-state index contributed by atoms with van der Waals surface area (Å²) >= 11 is 0. The molecule has 1 heterocycles. The van der Waals surface area contributed by atoms with E-state index in [1.165, 1.54) is 0 Å². The zero-order chi connectivity index (χ0) is 17.6. The molecule has 1 atom stereocenters. The lowest BCUT2D eigenvalue weighted by Crippen LogP contribution is -2.26. The Morgan fingerprint density at radius 3 is 2.48 bits per heavy atom. The second-order valence-electron chi connectivity index (χ2n) is 5.80. The lowest BCUT2D eigenvalue weighted by Gasteiger charge is -2.14. The van der Waals surface area contributed by atoms with E-state index in [1.54, 1.807) is 17.8 Å². The summed E-state index contributed by atoms with van der Waals surface area (Å²) in [6.07, 6.45) is 2.94. The summed E-state index contributed by atoms with van der Waals surface area (Å²) in [4.78, 5) is 12.1. The number of carbonyl (C=O) groups is 1. The largest absolute Gasteiger partial charge is 0.479 e. The number of benzene rings is 2. The van der Waals surface area contributed by atoms with Crippen molar-refractivity contribution in [2.24, 2.45) is 0 Å². The molecule has 0 aliphatic rings. The van der Waals surface area contributed by atoms with Crippen molar-refractivity contribution in [2.75, 3.05) is 0 Å². The normalized spacial score (nSPS) is 11.8. The summed E-state index contributed by atoms with van der Waals surface area (Å²) in [5.41, 5.74) is 3.00. The van der Waals surface area contributed by atoms with E-state index in [2.05, 4.69) is 5.10 Å². The van der Waals surface area contributed by atoms with E-state index >= 15 is 0 Å². The van der Waals surface area contributed by atoms with Crippen LogP contribution < -0.4 is 4.74 Å². The average molecular weight is 336 g/mol. The minimum Gasteiger partial charge on any atom is -0.479 e. The van der Waals surface area contributed by atoms with Crippen molar-refractivity contribution in [1.29, 1.82) is 0 Å². The first-order valence-electron chi connectivity index (χ1n) is 8.11. The second-order valence-corrected chi connectivity index (χ2v) is 5.80. The van der Waals surface area contributed by atoms with Crippen LogP contribution in [-0.4, -0.2) is 21.9 Å². The van der Waals surface area contributed by atoms with Gasteiger partial charge in [-0.15, -0.1) is 0 Å². The molecule has 0 aliphatic carbocycles. The van der Waals surface area contributed by atoms with Crippen LogP contribution in [0.15, 0.2) is 67.0 Å². The lowest BCUT2D eigenvalue weighted by molar-refractivity contribution is -0.152. The van der Waals surface area contributed by atoms with E-state index in [0.717, 1.165) is 16.8 Å². The van der Waals surface area contributed by atoms with E-state index in [0.29, 0.717) is 5.75 Å². The Morgan fingerprint density at radius 2 is 1.84 bits per heavy atom. The molecule has 3 aromatic rings. The van der Waals surface area contributed by atoms with Crippen molar-refractivity contribution in [3.8, 4) is 11.4 Å². The highest BCUT2D eigenvalue weighted by molar-refractivity contribution is 5.74. The minimum absolute atomic E-state index is 0.208. The summed E-state index contributed by atoms with van der Waals surface area (Å²) in [5.74, 6) is 0.260. The monoisotopic (exact) mass is 336 g/mol. The Labute approximate surface area is 146 Å². The van der Waals surface area contributed by atoms with Crippen LogP contribution in [0.2, 0.25) is 0 Å². The summed E-state index contributed by atoms with van der Waals surface area (Å²) in [6.45, 7) is 3.89. The van der Waals surface area contributed by atoms with Gasteiger partial charge in [-0.05, 0) is 49.7 Å². The van der Waals surface area contributed by atoms with Crippen molar-refractivity contribution in [3.63, 3.8) is 0 Å². The standard InChI is InChI=1S/C20H20N2O3/c1-15-4-10-19(11-5-15)25-16(2)20(23)24-14-17-6-8-18(9-7-17)22-13-3-12-21-22/h3-13,16H,14H2,1-2H3. The van der Waals surface area contributed by atoms with Gasteiger partial charge in [0, 0.05) is 12.4 Å². The third kappa shape index (κ3) is 4.47. The summed E-state index contributed by atoms with van der Waals surface area (Å²) in [7, 11) is 0. The number of hydrogen-bond donors (Lipinski definition) is 0. The van der Waals surface area contributed by atoms with E-state index in [4.69, 9.17) is 9.47 Å². The van der Waals surface area contributed by atoms with Crippen LogP contribution in [0, 0.1) is 6.92 Å². The fourth-order valence-electron chi connectivity index (χ4n) is 2.31. The molecule has 0 saturated carbocycles. The number of esters is 1. The summed E-state index contributed by atoms with van der Waals surface area (Å²) in [5, 5.41) is 4.17. The Hall–Kier alpha value is -3.08. The fourth-order valence-corrected chi connectivity index (χ4v) is 2.31. The van der Waals surface area contributed by atoms with Crippen molar-refractivity contribution >= 4 is 5.97 Å². The zero-order valence-corrected chi connectivity index (χ0v) is 14.3. The van der Waals surface area contributed by atoms with Crippen molar-refractivity contribution in [1.82, 2.24) is 9.78 Å². The molecule has 1 unspecified atom stereocenters. The first-order chi connectivity index (χ1) is 12.1. The number of hydrogen-bond acceptors (Lipinski definition) is 4. The Balaban J connectivity index is 1.52. The van der Waals surface area contributed by atoms with Crippen LogP contribution in [0.3, 0.4) is 0 Å². The van der Waals surface area contributed by atoms with Gasteiger partial charge in [-0.1, -0.05) is 29.8 Å². The van der Waals surface area contributed by atoms with Crippen molar-refractivity contribution in [3.05, 3.63) is 78.1 Å². The third-order valence-electron chi connectivity index (χ3n) is 3.75. The van der Waals surface area contributed by atoms with E-state index in [1.807, 2.05) is 67.7 Å². The highest BCUT2D eigenvalue weighted by atomic mass is 16.6. The Kier molecular flexibility index (Phi) is 5.14. The molecule has 2 aromatic carbocycles. The van der Waals surface area contributed by atoms with Gasteiger partial charge >= 0.3 is 5.97 Å². The molecule has 0 aliphatic heterocycles. The molecule has 5 nitrogen and oxygen atoms in total. The fraction of sp³-hybridized carbons (Fsp3) is 0.200. The van der Waals surface area contributed by atoms with Gasteiger partial charge in [0.1, 0.15) is 12.4 Å². The molecule has 0 bridgehead atoms. The highest BCUT2D eigenvalue weighted by Gasteiger charge is 2.16. The molecule has 0 amide bonds. The van der Waals surface area contributed by atoms with Crippen LogP contribution in [0.1, 0.15) is 18.1 Å². The van der Waals surface area contributed by atoms with Gasteiger partial charge in [-0.3, -0.25) is 0 Å². The van der Waals surface area contributed by atoms with Crippen LogP contribution in [0.5, 0.6) is 5.75 Å². The summed E-state index contributed by atoms with van der Waals surface area (Å²) < 4.78 is 12.7. The molecule has 0 saturated heterocycles. The van der Waals surface area contributed by atoms with Crippen LogP contribution >= 0.6 is 0 Å². The van der Waals surface area contributed by atoms with Gasteiger partial charge in [-0.2, -0.15) is 5.10 Å². The van der Waals surface area contributed by atoms with Gasteiger partial charge < -0.3 is 9.47 Å². The Bertz CT molecular complexity index is 809. The SMILES string of the molecule is Cc1ccc(OC(C)C(=O)OCc2ccc(-n3cccn3)cc2)cc1. The number of ether oxygens (including phenoxy) is 2. The number of rotatable bonds is 6. The van der Waals surface area contributed by atoms with E-state index in [-0.39, 0.29) is 6.61 Å². The van der Waals surface area contributed by atoms with Gasteiger partial charge in [0.05, 0.1) is 5.69 Å². The summed E-state index contributed by atoms with van der Waals surface area (Å²) in [6, 6.07) is 17.1. The molecule has 0 N–H and O–H groups in total. The van der Waals surface area contributed by atoms with E-state index in [9.17, 15) is 4.79 Å². The molecule has 5 heteroatoms. The smallest absolute Gasteiger partial charge is 0.347 e. The molecular weight excluding hydrogens is 316 g/mol. The number of aromatic nitrogens is 2. The van der Waals surface area contributed by atoms with Gasteiger partial charge in [0.25, 0.3) is 0 Å². The quantitative estimate of drug-likeness (QED) is 0.644. The first kappa shape index (κ1) is 16.8. The predicted octanol–water partition coefficient (Wildman–Crippen LogP) is 3.69. The lowest BCUT2D eigenvalue weighted by atomic mass is 10.2. The maximum Gasteiger partial charge on any atom is 0.347 e. The maximum atomic E-state index is 12.1. The Morgan fingerprint density at radius 1 is 1.12 bits per heavy atom. The molecule has 0 radical (unpaired) electrons.